The molecule has 1 atom stereocenters. The molecule has 0 saturated carbocycles. The number of benzene rings is 1. The second-order valence-electron chi connectivity index (χ2n) is 3.67. The molecule has 15 heavy (non-hydrogen) atoms. The molecule has 2 rings (SSSR count). The molecule has 0 aliphatic carbocycles. The molecule has 80 valence electrons. The number of hydrogen-bond acceptors (Lipinski definition) is 2. The number of aryl methyl sites for hydroxylation is 1. The van der Waals surface area contributed by atoms with Gasteiger partial charge in [0.2, 0.25) is 0 Å². The van der Waals surface area contributed by atoms with Gasteiger partial charge in [-0.25, -0.2) is 0 Å². The standard InChI is InChI=1S/C11H12BrNO2/c12-8-4-3-7-2-1-5-13-10(11(14)15)9(7)6-8/h3-4,6,10,13H,1-2,5H2,(H,14,15). The molecule has 0 saturated heterocycles. The van der Waals surface area contributed by atoms with Crippen LogP contribution in [0.4, 0.5) is 0 Å². The Morgan fingerprint density at radius 1 is 1.53 bits per heavy atom. The summed E-state index contributed by atoms with van der Waals surface area (Å²) in [5.74, 6) is -0.809. The van der Waals surface area contributed by atoms with E-state index < -0.39 is 12.0 Å². The van der Waals surface area contributed by atoms with E-state index in [1.807, 2.05) is 18.2 Å². The fraction of sp³-hybridized carbons (Fsp3) is 0.364. The zero-order chi connectivity index (χ0) is 10.8. The lowest BCUT2D eigenvalue weighted by molar-refractivity contribution is -0.139. The average Bonchev–Trinajstić information content (AvgIpc) is 2.39. The number of aliphatic carboxylic acids is 1. The second kappa shape index (κ2) is 4.33. The first kappa shape index (κ1) is 10.6. The number of rotatable bonds is 1. The van der Waals surface area contributed by atoms with E-state index in [0.29, 0.717) is 0 Å². The molecule has 1 unspecified atom stereocenters. The minimum Gasteiger partial charge on any atom is -0.480 e. The normalized spacial score (nSPS) is 20.5. The van der Waals surface area contributed by atoms with Crippen molar-refractivity contribution in [3.63, 3.8) is 0 Å². The van der Waals surface area contributed by atoms with Crippen LogP contribution in [0.25, 0.3) is 0 Å². The van der Waals surface area contributed by atoms with E-state index in [-0.39, 0.29) is 0 Å². The van der Waals surface area contributed by atoms with Crippen LogP contribution in [-0.2, 0) is 11.2 Å². The van der Waals surface area contributed by atoms with E-state index >= 15 is 0 Å². The molecular weight excluding hydrogens is 258 g/mol. The molecular formula is C11H12BrNO2. The van der Waals surface area contributed by atoms with E-state index in [4.69, 9.17) is 5.11 Å². The molecule has 1 heterocycles. The van der Waals surface area contributed by atoms with Crippen molar-refractivity contribution in [1.29, 1.82) is 0 Å². The molecule has 0 fully saturated rings. The van der Waals surface area contributed by atoms with Gasteiger partial charge in [0, 0.05) is 4.47 Å². The predicted octanol–water partition coefficient (Wildman–Crippen LogP) is 2.11. The third-order valence-corrected chi connectivity index (χ3v) is 3.13. The van der Waals surface area contributed by atoms with E-state index in [1.54, 1.807) is 0 Å². The van der Waals surface area contributed by atoms with Gasteiger partial charge in [-0.15, -0.1) is 0 Å². The zero-order valence-corrected chi connectivity index (χ0v) is 9.75. The third-order valence-electron chi connectivity index (χ3n) is 2.64. The van der Waals surface area contributed by atoms with Gasteiger partial charge in [0.1, 0.15) is 6.04 Å². The molecule has 0 spiro atoms. The molecule has 2 N–H and O–H groups in total. The van der Waals surface area contributed by atoms with Crippen molar-refractivity contribution in [1.82, 2.24) is 5.32 Å². The van der Waals surface area contributed by atoms with Gasteiger partial charge in [0.25, 0.3) is 0 Å². The lowest BCUT2D eigenvalue weighted by Crippen LogP contribution is -2.28. The first-order valence-corrected chi connectivity index (χ1v) is 5.72. The number of halogens is 1. The van der Waals surface area contributed by atoms with Crippen LogP contribution in [0.3, 0.4) is 0 Å². The largest absolute Gasteiger partial charge is 0.480 e. The smallest absolute Gasteiger partial charge is 0.325 e. The molecule has 0 radical (unpaired) electrons. The fourth-order valence-corrected chi connectivity index (χ4v) is 2.30. The molecule has 0 bridgehead atoms. The summed E-state index contributed by atoms with van der Waals surface area (Å²) in [4.78, 5) is 11.1. The molecule has 3 nitrogen and oxygen atoms in total. The van der Waals surface area contributed by atoms with Crippen molar-refractivity contribution in [3.05, 3.63) is 33.8 Å². The van der Waals surface area contributed by atoms with Crippen LogP contribution in [0, 0.1) is 0 Å². The maximum atomic E-state index is 11.1. The van der Waals surface area contributed by atoms with Crippen LogP contribution < -0.4 is 5.32 Å². The highest BCUT2D eigenvalue weighted by Crippen LogP contribution is 2.26. The van der Waals surface area contributed by atoms with Gasteiger partial charge in [-0.2, -0.15) is 0 Å². The first-order valence-electron chi connectivity index (χ1n) is 4.93. The highest BCUT2D eigenvalue weighted by molar-refractivity contribution is 9.10. The van der Waals surface area contributed by atoms with Crippen LogP contribution >= 0.6 is 15.9 Å². The van der Waals surface area contributed by atoms with Crippen LogP contribution in [0.5, 0.6) is 0 Å². The summed E-state index contributed by atoms with van der Waals surface area (Å²) in [5, 5.41) is 12.2. The van der Waals surface area contributed by atoms with Gasteiger partial charge in [-0.3, -0.25) is 4.79 Å². The van der Waals surface area contributed by atoms with Gasteiger partial charge in [-0.05, 0) is 42.6 Å². The molecule has 1 aliphatic heterocycles. The number of nitrogens with one attached hydrogen (secondary N) is 1. The summed E-state index contributed by atoms with van der Waals surface area (Å²) in [6.07, 6.45) is 1.93. The number of carboxylic acids is 1. The van der Waals surface area contributed by atoms with Crippen molar-refractivity contribution in [2.75, 3.05) is 6.54 Å². The van der Waals surface area contributed by atoms with Crippen LogP contribution in [-0.4, -0.2) is 17.6 Å². The molecule has 0 amide bonds. The van der Waals surface area contributed by atoms with Gasteiger partial charge in [0.05, 0.1) is 0 Å². The maximum absolute atomic E-state index is 11.1. The highest BCUT2D eigenvalue weighted by atomic mass is 79.9. The van der Waals surface area contributed by atoms with Gasteiger partial charge >= 0.3 is 5.97 Å². The molecule has 0 aromatic heterocycles. The zero-order valence-electron chi connectivity index (χ0n) is 8.16. The van der Waals surface area contributed by atoms with E-state index in [9.17, 15) is 4.79 Å². The van der Waals surface area contributed by atoms with E-state index in [1.165, 1.54) is 0 Å². The monoisotopic (exact) mass is 269 g/mol. The fourth-order valence-electron chi connectivity index (χ4n) is 1.92. The van der Waals surface area contributed by atoms with Crippen LogP contribution in [0.1, 0.15) is 23.6 Å². The third kappa shape index (κ3) is 2.21. The Kier molecular flexibility index (Phi) is 3.07. The Morgan fingerprint density at radius 2 is 2.33 bits per heavy atom. The lowest BCUT2D eigenvalue weighted by Gasteiger charge is -2.14. The summed E-state index contributed by atoms with van der Waals surface area (Å²) < 4.78 is 0.927. The second-order valence-corrected chi connectivity index (χ2v) is 4.59. The van der Waals surface area contributed by atoms with Crippen molar-refractivity contribution in [2.45, 2.75) is 18.9 Å². The van der Waals surface area contributed by atoms with E-state index in [2.05, 4.69) is 21.2 Å². The maximum Gasteiger partial charge on any atom is 0.325 e. The van der Waals surface area contributed by atoms with Crippen LogP contribution in [0.2, 0.25) is 0 Å². The van der Waals surface area contributed by atoms with Crippen molar-refractivity contribution in [3.8, 4) is 0 Å². The molecule has 1 aromatic rings. The average molecular weight is 270 g/mol. The summed E-state index contributed by atoms with van der Waals surface area (Å²) in [5.41, 5.74) is 2.02. The Bertz CT molecular complexity index is 392. The van der Waals surface area contributed by atoms with Gasteiger partial charge in [-0.1, -0.05) is 22.0 Å². The van der Waals surface area contributed by atoms with Gasteiger partial charge in [0.15, 0.2) is 0 Å². The van der Waals surface area contributed by atoms with E-state index in [0.717, 1.165) is 35.0 Å². The molecule has 1 aromatic carbocycles. The minimum atomic E-state index is -0.809. The molecule has 4 heteroatoms. The summed E-state index contributed by atoms with van der Waals surface area (Å²) >= 11 is 3.37. The first-order chi connectivity index (χ1) is 7.18. The van der Waals surface area contributed by atoms with Gasteiger partial charge < -0.3 is 10.4 Å². The Labute approximate surface area is 96.6 Å². The van der Waals surface area contributed by atoms with Crippen molar-refractivity contribution < 1.29 is 9.90 Å². The number of hydrogen-bond donors (Lipinski definition) is 2. The minimum absolute atomic E-state index is 0.569. The predicted molar refractivity (Wildman–Crippen MR) is 60.8 cm³/mol. The lowest BCUT2D eigenvalue weighted by atomic mass is 9.99. The number of carbonyl (C=O) groups is 1. The highest BCUT2D eigenvalue weighted by Gasteiger charge is 2.24. The summed E-state index contributed by atoms with van der Waals surface area (Å²) in [7, 11) is 0. The Morgan fingerprint density at radius 3 is 3.07 bits per heavy atom. The number of fused-ring (bicyclic) bond motifs is 1. The quantitative estimate of drug-likeness (QED) is 0.821. The molecule has 1 aliphatic rings. The Hall–Kier alpha value is -0.870. The summed E-state index contributed by atoms with van der Waals surface area (Å²) in [6, 6.07) is 5.29. The van der Waals surface area contributed by atoms with Crippen molar-refractivity contribution >= 4 is 21.9 Å². The number of carboxylic acid groups (broad SMARTS) is 1. The summed E-state index contributed by atoms with van der Waals surface area (Å²) in [6.45, 7) is 0.753. The van der Waals surface area contributed by atoms with Crippen molar-refractivity contribution in [2.24, 2.45) is 0 Å². The Balaban J connectivity index is 2.46. The topological polar surface area (TPSA) is 49.3 Å². The SMILES string of the molecule is O=C(O)C1NCCCc2ccc(Br)cc21. The van der Waals surface area contributed by atoms with Crippen LogP contribution in [0.15, 0.2) is 22.7 Å².